The van der Waals surface area contributed by atoms with Gasteiger partial charge in [-0.3, -0.25) is 19.3 Å². The van der Waals surface area contributed by atoms with Gasteiger partial charge in [-0.15, -0.1) is 11.3 Å². The van der Waals surface area contributed by atoms with Crippen molar-refractivity contribution in [3.05, 3.63) is 52.7 Å². The van der Waals surface area contributed by atoms with Gasteiger partial charge >= 0.3 is 0 Å². The molecule has 1 aromatic carbocycles. The van der Waals surface area contributed by atoms with Gasteiger partial charge in [0, 0.05) is 41.0 Å². The minimum atomic E-state index is -0.244. The Morgan fingerprint density at radius 2 is 1.71 bits per heavy atom. The average Bonchev–Trinajstić information content (AvgIpc) is 3.49. The largest absolute Gasteiger partial charge is 0.318 e. The highest BCUT2D eigenvalue weighted by atomic mass is 32.1. The van der Waals surface area contributed by atoms with E-state index >= 15 is 0 Å². The maximum absolute atomic E-state index is 12.6. The number of hydrogen-bond acceptors (Lipinski definition) is 5. The van der Waals surface area contributed by atoms with E-state index in [1.165, 1.54) is 21.8 Å². The highest BCUT2D eigenvalue weighted by Crippen LogP contribution is 2.38. The van der Waals surface area contributed by atoms with Gasteiger partial charge in [-0.2, -0.15) is 0 Å². The van der Waals surface area contributed by atoms with Gasteiger partial charge in [-0.25, -0.2) is 4.98 Å². The molecule has 2 fully saturated rings. The predicted molar refractivity (Wildman–Crippen MR) is 137 cm³/mol. The van der Waals surface area contributed by atoms with Gasteiger partial charge in [0.25, 0.3) is 0 Å². The van der Waals surface area contributed by atoms with E-state index in [0.29, 0.717) is 5.13 Å². The number of anilines is 1. The first kappa shape index (κ1) is 23.5. The Balaban J connectivity index is 1.24. The van der Waals surface area contributed by atoms with E-state index in [9.17, 15) is 14.4 Å². The molecule has 2 aliphatic rings. The fraction of sp³-hybridized carbons (Fsp3) is 0.407. The maximum atomic E-state index is 12.6. The number of amides is 3. The normalized spacial score (nSPS) is 19.8. The molecule has 1 saturated heterocycles. The van der Waals surface area contributed by atoms with Crippen LogP contribution in [0, 0.1) is 32.6 Å². The van der Waals surface area contributed by atoms with Crippen molar-refractivity contribution in [1.29, 1.82) is 0 Å². The van der Waals surface area contributed by atoms with Gasteiger partial charge in [-0.05, 0) is 51.8 Å². The smallest absolute Gasteiger partial charge is 0.233 e. The number of thiazole rings is 1. The lowest BCUT2D eigenvalue weighted by atomic mass is 9.81. The van der Waals surface area contributed by atoms with Crippen LogP contribution in [0.3, 0.4) is 0 Å². The summed E-state index contributed by atoms with van der Waals surface area (Å²) in [6, 6.07) is 10.5. The van der Waals surface area contributed by atoms with Crippen molar-refractivity contribution in [3.8, 4) is 16.9 Å². The molecule has 182 valence electrons. The number of hydrogen-bond donors (Lipinski definition) is 1. The lowest BCUT2D eigenvalue weighted by molar-refractivity contribution is -0.140. The van der Waals surface area contributed by atoms with Gasteiger partial charge in [0.05, 0.1) is 17.5 Å². The van der Waals surface area contributed by atoms with Gasteiger partial charge in [0.2, 0.25) is 17.7 Å². The fourth-order valence-corrected chi connectivity index (χ4v) is 6.14. The number of rotatable bonds is 6. The first-order chi connectivity index (χ1) is 16.8. The number of likely N-dealkylation sites (tertiary alicyclic amines) is 1. The van der Waals surface area contributed by atoms with Crippen LogP contribution in [-0.2, 0) is 14.4 Å². The number of carbonyl (C=O) groups is 3. The van der Waals surface area contributed by atoms with E-state index in [0.717, 1.165) is 54.0 Å². The molecule has 1 saturated carbocycles. The van der Waals surface area contributed by atoms with Crippen molar-refractivity contribution in [1.82, 2.24) is 14.5 Å². The summed E-state index contributed by atoms with van der Waals surface area (Å²) in [6.45, 7) is 6.35. The van der Waals surface area contributed by atoms with Crippen LogP contribution < -0.4 is 5.32 Å². The molecule has 0 radical (unpaired) electrons. The molecule has 2 aromatic heterocycles. The molecule has 3 amide bonds. The van der Waals surface area contributed by atoms with Crippen LogP contribution in [-0.4, -0.2) is 38.7 Å². The molecule has 1 N–H and O–H groups in total. The molecule has 8 heteroatoms. The first-order valence-electron chi connectivity index (χ1n) is 12.2. The molecule has 3 heterocycles. The molecule has 1 aliphatic carbocycles. The van der Waals surface area contributed by atoms with E-state index in [1.54, 1.807) is 0 Å². The zero-order valence-corrected chi connectivity index (χ0v) is 21.2. The van der Waals surface area contributed by atoms with Crippen LogP contribution in [0.15, 0.2) is 35.7 Å². The van der Waals surface area contributed by atoms with E-state index < -0.39 is 0 Å². The molecule has 5 rings (SSSR count). The standard InChI is InChI=1S/C27H30N4O3S/c1-16-8-10-19(11-9-16)31-17(2)14-22(18(31)3)23-15-35-27(28-23)29-24(32)12-13-30-25(33)20-6-4-5-7-21(20)26(30)34/h8-11,14-15,20-21H,4-7,12-13H2,1-3H3,(H,28,29,32)/t20-,21-/m1/s1. The second-order valence-electron chi connectivity index (χ2n) is 9.62. The van der Waals surface area contributed by atoms with E-state index in [2.05, 4.69) is 66.0 Å². The van der Waals surface area contributed by atoms with E-state index in [1.807, 2.05) is 5.38 Å². The molecule has 0 spiro atoms. The van der Waals surface area contributed by atoms with Crippen LogP contribution in [0.1, 0.15) is 49.1 Å². The van der Waals surface area contributed by atoms with Gasteiger partial charge in [-0.1, -0.05) is 30.5 Å². The third-order valence-electron chi connectivity index (χ3n) is 7.24. The van der Waals surface area contributed by atoms with Crippen molar-refractivity contribution >= 4 is 34.2 Å². The Bertz CT molecular complexity index is 1270. The number of nitrogens with zero attached hydrogens (tertiary/aromatic N) is 3. The Kier molecular flexibility index (Phi) is 6.32. The molecule has 0 unspecified atom stereocenters. The molecule has 35 heavy (non-hydrogen) atoms. The van der Waals surface area contributed by atoms with Crippen LogP contribution in [0.25, 0.3) is 16.9 Å². The average molecular weight is 491 g/mol. The lowest BCUT2D eigenvalue weighted by Crippen LogP contribution is -2.34. The van der Waals surface area contributed by atoms with Crippen LogP contribution in [0.5, 0.6) is 0 Å². The number of benzene rings is 1. The highest BCUT2D eigenvalue weighted by molar-refractivity contribution is 7.14. The Morgan fingerprint density at radius 3 is 2.37 bits per heavy atom. The summed E-state index contributed by atoms with van der Waals surface area (Å²) in [4.78, 5) is 43.8. The van der Waals surface area contributed by atoms with Crippen molar-refractivity contribution in [3.63, 3.8) is 0 Å². The summed E-state index contributed by atoms with van der Waals surface area (Å²) in [5.41, 5.74) is 6.35. The van der Waals surface area contributed by atoms with E-state index in [-0.39, 0.29) is 42.5 Å². The van der Waals surface area contributed by atoms with E-state index in [4.69, 9.17) is 0 Å². The van der Waals surface area contributed by atoms with Crippen LogP contribution in [0.4, 0.5) is 5.13 Å². The van der Waals surface area contributed by atoms with Crippen molar-refractivity contribution in [2.45, 2.75) is 52.9 Å². The molecule has 7 nitrogen and oxygen atoms in total. The summed E-state index contributed by atoms with van der Waals surface area (Å²) in [5.74, 6) is -0.813. The second kappa shape index (κ2) is 9.41. The van der Waals surface area contributed by atoms with Gasteiger partial charge < -0.3 is 9.88 Å². The summed E-state index contributed by atoms with van der Waals surface area (Å²) >= 11 is 1.37. The summed E-state index contributed by atoms with van der Waals surface area (Å²) in [7, 11) is 0. The number of imide groups is 1. The molecule has 2 atom stereocenters. The monoisotopic (exact) mass is 490 g/mol. The Hall–Kier alpha value is -3.26. The number of fused-ring (bicyclic) bond motifs is 1. The van der Waals surface area contributed by atoms with Gasteiger partial charge in [0.1, 0.15) is 0 Å². The first-order valence-corrected chi connectivity index (χ1v) is 13.1. The summed E-state index contributed by atoms with van der Waals surface area (Å²) in [5, 5.41) is 5.29. The zero-order chi connectivity index (χ0) is 24.7. The predicted octanol–water partition coefficient (Wildman–Crippen LogP) is 5.03. The molecular formula is C27H30N4O3S. The summed E-state index contributed by atoms with van der Waals surface area (Å²) in [6.07, 6.45) is 3.63. The Morgan fingerprint density at radius 1 is 1.06 bits per heavy atom. The fourth-order valence-electron chi connectivity index (χ4n) is 5.41. The quantitative estimate of drug-likeness (QED) is 0.491. The minimum Gasteiger partial charge on any atom is -0.318 e. The van der Waals surface area contributed by atoms with Crippen molar-refractivity contribution in [2.75, 3.05) is 11.9 Å². The van der Waals surface area contributed by atoms with Crippen LogP contribution >= 0.6 is 11.3 Å². The van der Waals surface area contributed by atoms with Crippen LogP contribution in [0.2, 0.25) is 0 Å². The number of carbonyl (C=O) groups excluding carboxylic acids is 3. The second-order valence-corrected chi connectivity index (χ2v) is 10.5. The van der Waals surface area contributed by atoms with Crippen molar-refractivity contribution < 1.29 is 14.4 Å². The number of aromatic nitrogens is 2. The van der Waals surface area contributed by atoms with Crippen molar-refractivity contribution in [2.24, 2.45) is 11.8 Å². The topological polar surface area (TPSA) is 84.3 Å². The molecule has 1 aliphatic heterocycles. The SMILES string of the molecule is Cc1ccc(-n2c(C)cc(-c3csc(NC(=O)CCN4C(=O)[C@@H]5CCCC[C@H]5C4=O)n3)c2C)cc1. The third-order valence-corrected chi connectivity index (χ3v) is 8.00. The maximum Gasteiger partial charge on any atom is 0.233 e. The molecular weight excluding hydrogens is 460 g/mol. The minimum absolute atomic E-state index is 0.0772. The number of nitrogens with one attached hydrogen (secondary N) is 1. The molecule has 0 bridgehead atoms. The third kappa shape index (κ3) is 4.43. The van der Waals surface area contributed by atoms with Gasteiger partial charge in [0.15, 0.2) is 5.13 Å². The highest BCUT2D eigenvalue weighted by Gasteiger charge is 2.47. The molecule has 3 aromatic rings. The zero-order valence-electron chi connectivity index (χ0n) is 20.3. The summed E-state index contributed by atoms with van der Waals surface area (Å²) < 4.78 is 2.20. The lowest BCUT2D eigenvalue weighted by Gasteiger charge is -2.19. The Labute approximate surface area is 209 Å². The number of aryl methyl sites for hydroxylation is 2.